The van der Waals surface area contributed by atoms with Crippen LogP contribution in [0.2, 0.25) is 5.02 Å². The molecule has 6 nitrogen and oxygen atoms in total. The molecule has 2 N–H and O–H groups in total. The lowest BCUT2D eigenvalue weighted by atomic mass is 9.93. The van der Waals surface area contributed by atoms with Gasteiger partial charge in [-0.3, -0.25) is 0 Å². The molecule has 0 radical (unpaired) electrons. The fraction of sp³-hybridized carbons (Fsp3) is 0.462. The summed E-state index contributed by atoms with van der Waals surface area (Å²) in [6, 6.07) is 3.41. The van der Waals surface area contributed by atoms with Crippen LogP contribution in [0.3, 0.4) is 0 Å². The van der Waals surface area contributed by atoms with Crippen molar-refractivity contribution >= 4 is 27.6 Å². The van der Waals surface area contributed by atoms with Gasteiger partial charge in [0.15, 0.2) is 0 Å². The van der Waals surface area contributed by atoms with E-state index in [9.17, 15) is 13.2 Å². The first-order chi connectivity index (χ1) is 9.87. The molecule has 0 aliphatic heterocycles. The first-order valence-electron chi connectivity index (χ1n) is 6.53. The van der Waals surface area contributed by atoms with Gasteiger partial charge in [0.25, 0.3) is 0 Å². The quantitative estimate of drug-likeness (QED) is 0.824. The Bertz CT molecular complexity index is 642. The van der Waals surface area contributed by atoms with Crippen LogP contribution in [0.5, 0.6) is 0 Å². The van der Waals surface area contributed by atoms with E-state index in [1.165, 1.54) is 16.4 Å². The van der Waals surface area contributed by atoms with E-state index in [1.54, 1.807) is 0 Å². The number of rotatable bonds is 6. The van der Waals surface area contributed by atoms with E-state index in [4.69, 9.17) is 21.8 Å². The largest absolute Gasteiger partial charge is 0.478 e. The highest BCUT2D eigenvalue weighted by Crippen LogP contribution is 2.32. The van der Waals surface area contributed by atoms with Gasteiger partial charge in [0.2, 0.25) is 10.0 Å². The summed E-state index contributed by atoms with van der Waals surface area (Å²) < 4.78 is 26.6. The second-order valence-electron chi connectivity index (χ2n) is 4.87. The molecule has 1 aliphatic carbocycles. The van der Waals surface area contributed by atoms with Crippen molar-refractivity contribution in [2.24, 2.45) is 0 Å². The molecule has 1 aromatic rings. The fourth-order valence-electron chi connectivity index (χ4n) is 2.23. The summed E-state index contributed by atoms with van der Waals surface area (Å²) >= 11 is 5.93. The van der Waals surface area contributed by atoms with Gasteiger partial charge in [-0.15, -0.1) is 0 Å². The summed E-state index contributed by atoms with van der Waals surface area (Å²) in [6.45, 7) is -0.327. The van der Waals surface area contributed by atoms with E-state index < -0.39 is 16.0 Å². The average molecular weight is 334 g/mol. The van der Waals surface area contributed by atoms with Gasteiger partial charge in [0.05, 0.1) is 17.2 Å². The fourth-order valence-corrected chi connectivity index (χ4v) is 4.41. The highest BCUT2D eigenvalue weighted by atomic mass is 35.5. The first-order valence-corrected chi connectivity index (χ1v) is 8.35. The maximum absolute atomic E-state index is 12.7. The Morgan fingerprint density at radius 3 is 2.52 bits per heavy atom. The second-order valence-corrected chi connectivity index (χ2v) is 7.14. The highest BCUT2D eigenvalue weighted by molar-refractivity contribution is 7.89. The Balaban J connectivity index is 2.45. The first kappa shape index (κ1) is 16.2. The maximum atomic E-state index is 12.7. The summed E-state index contributed by atoms with van der Waals surface area (Å²) in [5.74, 6) is -1.22. The molecule has 1 aromatic carbocycles. The molecule has 21 heavy (non-hydrogen) atoms. The number of hydrogen-bond donors (Lipinski definition) is 2. The van der Waals surface area contributed by atoms with E-state index >= 15 is 0 Å². The molecule has 2 rings (SSSR count). The van der Waals surface area contributed by atoms with Gasteiger partial charge in [-0.1, -0.05) is 18.0 Å². The third-order valence-corrected chi connectivity index (χ3v) is 6.00. The highest BCUT2D eigenvalue weighted by Gasteiger charge is 2.35. The molecule has 116 valence electrons. The molecular weight excluding hydrogens is 318 g/mol. The van der Waals surface area contributed by atoms with E-state index in [1.807, 2.05) is 0 Å². The summed E-state index contributed by atoms with van der Waals surface area (Å²) in [5.41, 5.74) is -0.143. The van der Waals surface area contributed by atoms with E-state index in [2.05, 4.69) is 0 Å². The monoisotopic (exact) mass is 333 g/mol. The van der Waals surface area contributed by atoms with Crippen LogP contribution < -0.4 is 0 Å². The van der Waals surface area contributed by atoms with Crippen LogP contribution in [0.25, 0.3) is 0 Å². The number of nitrogens with zero attached hydrogens (tertiary/aromatic N) is 1. The smallest absolute Gasteiger partial charge is 0.335 e. The molecule has 0 saturated heterocycles. The lowest BCUT2D eigenvalue weighted by Gasteiger charge is -2.36. The van der Waals surface area contributed by atoms with Crippen LogP contribution in [0.1, 0.15) is 29.6 Å². The van der Waals surface area contributed by atoms with E-state index in [0.29, 0.717) is 0 Å². The van der Waals surface area contributed by atoms with Crippen molar-refractivity contribution in [1.82, 2.24) is 4.31 Å². The van der Waals surface area contributed by atoms with Crippen molar-refractivity contribution < 1.29 is 23.4 Å². The van der Waals surface area contributed by atoms with Gasteiger partial charge in [0, 0.05) is 12.6 Å². The van der Waals surface area contributed by atoms with Gasteiger partial charge < -0.3 is 10.2 Å². The number of halogens is 1. The number of aliphatic hydroxyl groups is 1. The zero-order valence-electron chi connectivity index (χ0n) is 11.2. The Morgan fingerprint density at radius 2 is 2.05 bits per heavy atom. The van der Waals surface area contributed by atoms with Crippen LogP contribution in [-0.4, -0.2) is 48.1 Å². The second kappa shape index (κ2) is 6.31. The maximum Gasteiger partial charge on any atom is 0.335 e. The lowest BCUT2D eigenvalue weighted by molar-refractivity contribution is 0.0696. The summed E-state index contributed by atoms with van der Waals surface area (Å²) in [5, 5.41) is 18.1. The van der Waals surface area contributed by atoms with Gasteiger partial charge >= 0.3 is 5.97 Å². The predicted octanol–water partition coefficient (Wildman–Crippen LogP) is 1.57. The summed E-state index contributed by atoms with van der Waals surface area (Å²) in [4.78, 5) is 10.8. The van der Waals surface area contributed by atoms with Crippen molar-refractivity contribution in [2.45, 2.75) is 30.2 Å². The molecule has 0 amide bonds. The Kier molecular flexibility index (Phi) is 4.88. The molecule has 1 fully saturated rings. The van der Waals surface area contributed by atoms with E-state index in [0.717, 1.165) is 25.3 Å². The third-order valence-electron chi connectivity index (χ3n) is 3.57. The van der Waals surface area contributed by atoms with E-state index in [-0.39, 0.29) is 34.7 Å². The molecule has 0 heterocycles. The zero-order chi connectivity index (χ0) is 15.6. The standard InChI is InChI=1S/C13H16ClNO5S/c14-11-5-4-9(13(17)18)8-12(11)21(19,20)15(6-7-16)10-2-1-3-10/h4-5,8,10,16H,1-3,6-7H2,(H,17,18). The van der Waals surface area contributed by atoms with Gasteiger partial charge in [-0.2, -0.15) is 4.31 Å². The van der Waals surface area contributed by atoms with Crippen LogP contribution in [-0.2, 0) is 10.0 Å². The number of carbonyl (C=O) groups is 1. The molecule has 8 heteroatoms. The van der Waals surface area contributed by atoms with Crippen LogP contribution >= 0.6 is 11.6 Å². The lowest BCUT2D eigenvalue weighted by Crippen LogP contribution is -2.45. The summed E-state index contributed by atoms with van der Waals surface area (Å²) in [7, 11) is -3.93. The number of benzene rings is 1. The van der Waals surface area contributed by atoms with Crippen molar-refractivity contribution in [3.8, 4) is 0 Å². The molecule has 1 saturated carbocycles. The number of carboxylic acids is 1. The zero-order valence-corrected chi connectivity index (χ0v) is 12.8. The van der Waals surface area contributed by atoms with Gasteiger partial charge in [0.1, 0.15) is 4.90 Å². The molecule has 0 atom stereocenters. The predicted molar refractivity (Wildman–Crippen MR) is 77.0 cm³/mol. The van der Waals surface area contributed by atoms with Crippen LogP contribution in [0.4, 0.5) is 0 Å². The van der Waals surface area contributed by atoms with Crippen molar-refractivity contribution in [3.63, 3.8) is 0 Å². The minimum absolute atomic E-state index is 0.0257. The Hall–Kier alpha value is -1.15. The molecule has 1 aliphatic rings. The SMILES string of the molecule is O=C(O)c1ccc(Cl)c(S(=O)(=O)N(CCO)C2CCC2)c1. The number of sulfonamides is 1. The van der Waals surface area contributed by atoms with Crippen molar-refractivity contribution in [1.29, 1.82) is 0 Å². The normalized spacial score (nSPS) is 16.0. The van der Waals surface area contributed by atoms with Gasteiger partial charge in [-0.25, -0.2) is 13.2 Å². The molecule has 0 bridgehead atoms. The average Bonchev–Trinajstić information content (AvgIpc) is 2.36. The number of aromatic carboxylic acids is 1. The number of aliphatic hydroxyl groups excluding tert-OH is 1. The minimum Gasteiger partial charge on any atom is -0.478 e. The topological polar surface area (TPSA) is 94.9 Å². The van der Waals surface area contributed by atoms with Crippen LogP contribution in [0.15, 0.2) is 23.1 Å². The Labute approximate surface area is 128 Å². The Morgan fingerprint density at radius 1 is 1.38 bits per heavy atom. The van der Waals surface area contributed by atoms with Crippen LogP contribution in [0, 0.1) is 0 Å². The van der Waals surface area contributed by atoms with Crippen molar-refractivity contribution in [2.75, 3.05) is 13.2 Å². The summed E-state index contributed by atoms with van der Waals surface area (Å²) in [6.07, 6.45) is 2.40. The number of carboxylic acid groups (broad SMARTS) is 1. The molecule has 0 aromatic heterocycles. The third kappa shape index (κ3) is 3.21. The molecule has 0 spiro atoms. The number of hydrogen-bond acceptors (Lipinski definition) is 4. The molecule has 0 unspecified atom stereocenters. The van der Waals surface area contributed by atoms with Crippen molar-refractivity contribution in [3.05, 3.63) is 28.8 Å². The molecular formula is C13H16ClNO5S. The minimum atomic E-state index is -3.93. The van der Waals surface area contributed by atoms with Gasteiger partial charge in [-0.05, 0) is 31.0 Å².